The monoisotopic (exact) mass is 348 g/mol. The van der Waals surface area contributed by atoms with Crippen LogP contribution in [0.25, 0.3) is 22.5 Å². The Balaban J connectivity index is 2.23. The maximum Gasteiger partial charge on any atom is 0.346 e. The van der Waals surface area contributed by atoms with Crippen molar-refractivity contribution in [3.05, 3.63) is 51.8 Å². The summed E-state index contributed by atoms with van der Waals surface area (Å²) in [7, 11) is 1.23. The summed E-state index contributed by atoms with van der Waals surface area (Å²) in [5.74, 6) is -0.366. The Morgan fingerprint density at radius 1 is 1.29 bits per heavy atom. The van der Waals surface area contributed by atoms with E-state index in [1.807, 2.05) is 0 Å². The molecule has 0 saturated carbocycles. The molecule has 2 aromatic heterocycles. The standard InChI is InChI=1S/C17H13ClO6/c1-9(17(20)21-2)23-16-14(19)11-8-10(18)5-6-12(11)24-15(16)13-4-3-7-22-13/h3-9H,1-2H3/t9-/m1/s1. The highest BCUT2D eigenvalue weighted by molar-refractivity contribution is 6.31. The Morgan fingerprint density at radius 2 is 2.08 bits per heavy atom. The number of carbonyl (C=O) groups is 1. The fourth-order valence-corrected chi connectivity index (χ4v) is 2.39. The summed E-state index contributed by atoms with van der Waals surface area (Å²) in [4.78, 5) is 24.4. The van der Waals surface area contributed by atoms with Crippen molar-refractivity contribution < 1.29 is 23.1 Å². The van der Waals surface area contributed by atoms with Gasteiger partial charge < -0.3 is 18.3 Å². The van der Waals surface area contributed by atoms with Crippen molar-refractivity contribution in [2.45, 2.75) is 13.0 Å². The third-order valence-electron chi connectivity index (χ3n) is 3.38. The van der Waals surface area contributed by atoms with Gasteiger partial charge in [-0.15, -0.1) is 0 Å². The van der Waals surface area contributed by atoms with Crippen LogP contribution in [0, 0.1) is 0 Å². The molecular formula is C17H13ClO6. The van der Waals surface area contributed by atoms with Gasteiger partial charge in [-0.1, -0.05) is 11.6 Å². The summed E-state index contributed by atoms with van der Waals surface area (Å²) in [5.41, 5.74) is -0.130. The topological polar surface area (TPSA) is 78.9 Å². The van der Waals surface area contributed by atoms with Crippen LogP contribution in [0.3, 0.4) is 0 Å². The minimum Gasteiger partial charge on any atom is -0.471 e. The molecule has 124 valence electrons. The molecule has 0 unspecified atom stereocenters. The molecule has 0 fully saturated rings. The molecule has 0 amide bonds. The van der Waals surface area contributed by atoms with Crippen molar-refractivity contribution in [2.75, 3.05) is 7.11 Å². The molecule has 3 rings (SSSR count). The largest absolute Gasteiger partial charge is 0.471 e. The SMILES string of the molecule is COC(=O)[C@@H](C)Oc1c(-c2ccco2)oc2ccc(Cl)cc2c1=O. The molecule has 0 aliphatic heterocycles. The number of esters is 1. The predicted molar refractivity (Wildman–Crippen MR) is 87.3 cm³/mol. The summed E-state index contributed by atoms with van der Waals surface area (Å²) in [5, 5.41) is 0.623. The van der Waals surface area contributed by atoms with E-state index in [0.717, 1.165) is 0 Å². The molecule has 0 bridgehead atoms. The van der Waals surface area contributed by atoms with Gasteiger partial charge >= 0.3 is 5.97 Å². The smallest absolute Gasteiger partial charge is 0.346 e. The molecule has 2 heterocycles. The highest BCUT2D eigenvalue weighted by Gasteiger charge is 2.24. The Hall–Kier alpha value is -2.73. The average molecular weight is 349 g/mol. The van der Waals surface area contributed by atoms with Gasteiger partial charge in [0.05, 0.1) is 18.8 Å². The predicted octanol–water partition coefficient (Wildman–Crippen LogP) is 3.65. The number of methoxy groups -OCH3 is 1. The van der Waals surface area contributed by atoms with E-state index in [4.69, 9.17) is 25.2 Å². The van der Waals surface area contributed by atoms with Crippen LogP contribution >= 0.6 is 11.6 Å². The van der Waals surface area contributed by atoms with Crippen LogP contribution in [0.15, 0.2) is 50.2 Å². The number of hydrogen-bond acceptors (Lipinski definition) is 6. The average Bonchev–Trinajstić information content (AvgIpc) is 3.11. The van der Waals surface area contributed by atoms with Crippen LogP contribution in [0.2, 0.25) is 5.02 Å². The molecule has 1 aromatic carbocycles. The number of benzene rings is 1. The van der Waals surface area contributed by atoms with Gasteiger partial charge in [-0.3, -0.25) is 4.79 Å². The van der Waals surface area contributed by atoms with E-state index < -0.39 is 17.5 Å². The van der Waals surface area contributed by atoms with Crippen molar-refractivity contribution >= 4 is 28.5 Å². The van der Waals surface area contributed by atoms with Gasteiger partial charge in [-0.25, -0.2) is 4.79 Å². The first-order valence-electron chi connectivity index (χ1n) is 7.06. The molecule has 0 spiro atoms. The molecule has 1 atom stereocenters. The second kappa shape index (κ2) is 6.41. The summed E-state index contributed by atoms with van der Waals surface area (Å²) in [6, 6.07) is 7.93. The first kappa shape index (κ1) is 16.1. The molecule has 0 aliphatic rings. The molecule has 6 nitrogen and oxygen atoms in total. The lowest BCUT2D eigenvalue weighted by Gasteiger charge is -2.14. The molecule has 0 aliphatic carbocycles. The van der Waals surface area contributed by atoms with Crippen molar-refractivity contribution in [1.82, 2.24) is 0 Å². The van der Waals surface area contributed by atoms with E-state index in [0.29, 0.717) is 16.4 Å². The number of furan rings is 1. The van der Waals surface area contributed by atoms with E-state index in [9.17, 15) is 9.59 Å². The van der Waals surface area contributed by atoms with Crippen molar-refractivity contribution in [1.29, 1.82) is 0 Å². The fourth-order valence-electron chi connectivity index (χ4n) is 2.22. The minimum absolute atomic E-state index is 0.0931. The number of rotatable bonds is 4. The second-order valence-corrected chi connectivity index (χ2v) is 5.43. The van der Waals surface area contributed by atoms with Gasteiger partial charge in [-0.2, -0.15) is 0 Å². The lowest BCUT2D eigenvalue weighted by atomic mass is 10.2. The van der Waals surface area contributed by atoms with Crippen LogP contribution < -0.4 is 10.2 Å². The highest BCUT2D eigenvalue weighted by Crippen LogP contribution is 2.32. The van der Waals surface area contributed by atoms with Crippen molar-refractivity contribution in [3.8, 4) is 17.3 Å². The second-order valence-electron chi connectivity index (χ2n) is 4.99. The molecule has 7 heteroatoms. The number of ether oxygens (including phenoxy) is 2. The Morgan fingerprint density at radius 3 is 2.75 bits per heavy atom. The van der Waals surface area contributed by atoms with Crippen molar-refractivity contribution in [2.24, 2.45) is 0 Å². The maximum absolute atomic E-state index is 12.8. The van der Waals surface area contributed by atoms with Gasteiger partial charge in [-0.05, 0) is 37.3 Å². The van der Waals surface area contributed by atoms with Crippen LogP contribution in [0.5, 0.6) is 5.75 Å². The van der Waals surface area contributed by atoms with Gasteiger partial charge in [0.25, 0.3) is 0 Å². The van der Waals surface area contributed by atoms with E-state index >= 15 is 0 Å². The van der Waals surface area contributed by atoms with Crippen LogP contribution in [-0.2, 0) is 9.53 Å². The normalized spacial score (nSPS) is 12.1. The lowest BCUT2D eigenvalue weighted by Crippen LogP contribution is -2.27. The lowest BCUT2D eigenvalue weighted by molar-refractivity contribution is -0.147. The van der Waals surface area contributed by atoms with Gasteiger partial charge in [0.1, 0.15) is 5.58 Å². The van der Waals surface area contributed by atoms with Crippen LogP contribution in [-0.4, -0.2) is 19.2 Å². The summed E-state index contributed by atoms with van der Waals surface area (Å²) in [6.07, 6.45) is 0.442. The minimum atomic E-state index is -0.997. The van der Waals surface area contributed by atoms with Gasteiger partial charge in [0, 0.05) is 5.02 Å². The first-order chi connectivity index (χ1) is 11.5. The molecule has 24 heavy (non-hydrogen) atoms. The Bertz CT molecular complexity index is 942. The van der Waals surface area contributed by atoms with E-state index in [1.165, 1.54) is 26.4 Å². The van der Waals surface area contributed by atoms with Crippen LogP contribution in [0.4, 0.5) is 0 Å². The molecule has 0 radical (unpaired) electrons. The van der Waals surface area contributed by atoms with E-state index in [2.05, 4.69) is 4.74 Å². The zero-order valence-corrected chi connectivity index (χ0v) is 13.6. The number of carbonyl (C=O) groups excluding carboxylic acids is 1. The summed E-state index contributed by atoms with van der Waals surface area (Å²) >= 11 is 5.95. The summed E-state index contributed by atoms with van der Waals surface area (Å²) in [6.45, 7) is 1.47. The van der Waals surface area contributed by atoms with Gasteiger partial charge in [0.15, 0.2) is 11.9 Å². The third kappa shape index (κ3) is 2.88. The first-order valence-corrected chi connectivity index (χ1v) is 7.43. The molecule has 0 saturated heterocycles. The summed E-state index contributed by atoms with van der Waals surface area (Å²) < 4.78 is 21.2. The van der Waals surface area contributed by atoms with E-state index in [-0.39, 0.29) is 16.9 Å². The number of fused-ring (bicyclic) bond motifs is 1. The van der Waals surface area contributed by atoms with E-state index in [1.54, 1.807) is 24.3 Å². The molecule has 0 N–H and O–H groups in total. The molecule has 3 aromatic rings. The Kier molecular flexibility index (Phi) is 4.31. The maximum atomic E-state index is 12.8. The number of halogens is 1. The quantitative estimate of drug-likeness (QED) is 0.670. The zero-order chi connectivity index (χ0) is 17.3. The molecular weight excluding hydrogens is 336 g/mol. The van der Waals surface area contributed by atoms with Crippen molar-refractivity contribution in [3.63, 3.8) is 0 Å². The fraction of sp³-hybridized carbons (Fsp3) is 0.176. The zero-order valence-electron chi connectivity index (χ0n) is 12.9. The number of hydrogen-bond donors (Lipinski definition) is 0. The Labute approximate surface area is 141 Å². The van der Waals surface area contributed by atoms with Gasteiger partial charge in [0.2, 0.25) is 16.9 Å². The third-order valence-corrected chi connectivity index (χ3v) is 3.62. The highest BCUT2D eigenvalue weighted by atomic mass is 35.5. The van der Waals surface area contributed by atoms with Crippen LogP contribution in [0.1, 0.15) is 6.92 Å².